The minimum absolute atomic E-state index is 0.157. The zero-order chi connectivity index (χ0) is 13.8. The molecule has 5 heteroatoms. The van der Waals surface area contributed by atoms with Gasteiger partial charge in [0.1, 0.15) is 5.69 Å². The molecule has 2 aromatic rings. The first-order valence-electron chi connectivity index (χ1n) is 6.02. The summed E-state index contributed by atoms with van der Waals surface area (Å²) < 4.78 is 0. The average molecular weight is 275 g/mol. The second-order valence-corrected chi connectivity index (χ2v) is 5.66. The van der Waals surface area contributed by atoms with Crippen LogP contribution < -0.4 is 5.32 Å². The molecule has 1 aromatic carbocycles. The van der Waals surface area contributed by atoms with Gasteiger partial charge in [-0.25, -0.2) is 4.98 Å². The van der Waals surface area contributed by atoms with E-state index in [0.717, 1.165) is 22.8 Å². The van der Waals surface area contributed by atoms with E-state index in [1.165, 1.54) is 11.3 Å². The number of para-hydroxylation sites is 1. The summed E-state index contributed by atoms with van der Waals surface area (Å²) in [5.74, 6) is -0.157. The predicted molar refractivity (Wildman–Crippen MR) is 78.6 cm³/mol. The normalized spacial score (nSPS) is 10.7. The van der Waals surface area contributed by atoms with Gasteiger partial charge >= 0.3 is 0 Å². The second kappa shape index (κ2) is 5.95. The number of carbonyl (C=O) groups is 1. The van der Waals surface area contributed by atoms with Crippen LogP contribution >= 0.6 is 11.3 Å². The Balaban J connectivity index is 2.16. The molecular formula is C14H17N3OS. The van der Waals surface area contributed by atoms with Crippen LogP contribution in [0, 0.1) is 6.92 Å². The fourth-order valence-corrected chi connectivity index (χ4v) is 2.37. The number of nitrogens with one attached hydrogen (secondary N) is 1. The van der Waals surface area contributed by atoms with Crippen LogP contribution in [-0.4, -0.2) is 29.9 Å². The molecule has 0 bridgehead atoms. The van der Waals surface area contributed by atoms with Gasteiger partial charge in [-0.15, -0.1) is 11.3 Å². The summed E-state index contributed by atoms with van der Waals surface area (Å²) in [5.41, 5.74) is 2.40. The van der Waals surface area contributed by atoms with Crippen LogP contribution in [0.25, 0.3) is 0 Å². The van der Waals surface area contributed by atoms with Crippen LogP contribution in [0.2, 0.25) is 0 Å². The molecule has 1 amide bonds. The number of aryl methyl sites for hydroxylation is 1. The Morgan fingerprint density at radius 1 is 1.37 bits per heavy atom. The van der Waals surface area contributed by atoms with Crippen LogP contribution in [0.4, 0.5) is 5.69 Å². The molecule has 0 fully saturated rings. The van der Waals surface area contributed by atoms with Crippen LogP contribution in [0.3, 0.4) is 0 Å². The third-order valence-electron chi connectivity index (χ3n) is 2.60. The van der Waals surface area contributed by atoms with Crippen LogP contribution in [0.5, 0.6) is 0 Å². The zero-order valence-electron chi connectivity index (χ0n) is 11.3. The quantitative estimate of drug-likeness (QED) is 0.933. The summed E-state index contributed by atoms with van der Waals surface area (Å²) in [7, 11) is 4.00. The Kier molecular flexibility index (Phi) is 4.29. The standard InChI is InChI=1S/C14H17N3OS/c1-10-15-13(9-19-10)14(18)16-12-7-5-4-6-11(12)8-17(2)3/h4-7,9H,8H2,1-3H3,(H,16,18). The first kappa shape index (κ1) is 13.7. The maximum Gasteiger partial charge on any atom is 0.275 e. The topological polar surface area (TPSA) is 45.2 Å². The molecule has 0 radical (unpaired) electrons. The Morgan fingerprint density at radius 3 is 2.74 bits per heavy atom. The minimum Gasteiger partial charge on any atom is -0.320 e. The van der Waals surface area contributed by atoms with Crippen molar-refractivity contribution in [1.29, 1.82) is 0 Å². The minimum atomic E-state index is -0.157. The maximum absolute atomic E-state index is 12.1. The van der Waals surface area contributed by atoms with Gasteiger partial charge in [-0.05, 0) is 32.6 Å². The molecule has 0 saturated carbocycles. The lowest BCUT2D eigenvalue weighted by Gasteiger charge is -2.14. The predicted octanol–water partition coefficient (Wildman–Crippen LogP) is 2.77. The summed E-state index contributed by atoms with van der Waals surface area (Å²) in [6, 6.07) is 7.82. The van der Waals surface area contributed by atoms with Crippen LogP contribution in [-0.2, 0) is 6.54 Å². The van der Waals surface area contributed by atoms with Gasteiger partial charge in [0.15, 0.2) is 0 Å². The number of rotatable bonds is 4. The molecule has 100 valence electrons. The molecule has 1 N–H and O–H groups in total. The molecule has 0 aliphatic heterocycles. The highest BCUT2D eigenvalue weighted by Crippen LogP contribution is 2.18. The number of amides is 1. The van der Waals surface area contributed by atoms with Crippen molar-refractivity contribution in [2.24, 2.45) is 0 Å². The van der Waals surface area contributed by atoms with E-state index >= 15 is 0 Å². The van der Waals surface area contributed by atoms with Gasteiger partial charge in [0.05, 0.1) is 5.01 Å². The second-order valence-electron chi connectivity index (χ2n) is 4.60. The summed E-state index contributed by atoms with van der Waals surface area (Å²) in [6.07, 6.45) is 0. The van der Waals surface area contributed by atoms with Crippen molar-refractivity contribution < 1.29 is 4.79 Å². The molecule has 19 heavy (non-hydrogen) atoms. The summed E-state index contributed by atoms with van der Waals surface area (Å²) >= 11 is 1.48. The van der Waals surface area contributed by atoms with E-state index in [-0.39, 0.29) is 5.91 Å². The molecule has 0 atom stereocenters. The zero-order valence-corrected chi connectivity index (χ0v) is 12.1. The fourth-order valence-electron chi connectivity index (χ4n) is 1.77. The number of thiazole rings is 1. The van der Waals surface area contributed by atoms with E-state index in [1.807, 2.05) is 45.3 Å². The summed E-state index contributed by atoms with van der Waals surface area (Å²) in [6.45, 7) is 2.67. The average Bonchev–Trinajstić information content (AvgIpc) is 2.78. The molecule has 0 aliphatic carbocycles. The van der Waals surface area contributed by atoms with Gasteiger partial charge < -0.3 is 10.2 Å². The van der Waals surface area contributed by atoms with E-state index < -0.39 is 0 Å². The summed E-state index contributed by atoms with van der Waals surface area (Å²) in [5, 5.41) is 5.60. The highest BCUT2D eigenvalue weighted by atomic mass is 32.1. The number of aromatic nitrogens is 1. The van der Waals surface area contributed by atoms with Gasteiger partial charge in [-0.2, -0.15) is 0 Å². The highest BCUT2D eigenvalue weighted by Gasteiger charge is 2.11. The third-order valence-corrected chi connectivity index (χ3v) is 3.38. The lowest BCUT2D eigenvalue weighted by atomic mass is 10.1. The lowest BCUT2D eigenvalue weighted by Crippen LogP contribution is -2.16. The number of nitrogens with zero attached hydrogens (tertiary/aromatic N) is 2. The van der Waals surface area contributed by atoms with E-state index in [2.05, 4.69) is 15.2 Å². The van der Waals surface area contributed by atoms with Crippen molar-refractivity contribution >= 4 is 22.9 Å². The number of hydrogen-bond acceptors (Lipinski definition) is 4. The molecule has 1 aromatic heterocycles. The van der Waals surface area contributed by atoms with Crippen LogP contribution in [0.15, 0.2) is 29.6 Å². The molecule has 0 unspecified atom stereocenters. The summed E-state index contributed by atoms with van der Waals surface area (Å²) in [4.78, 5) is 18.3. The van der Waals surface area contributed by atoms with Crippen molar-refractivity contribution in [2.45, 2.75) is 13.5 Å². The van der Waals surface area contributed by atoms with E-state index in [4.69, 9.17) is 0 Å². The lowest BCUT2D eigenvalue weighted by molar-refractivity contribution is 0.102. The molecule has 1 heterocycles. The molecule has 0 spiro atoms. The Morgan fingerprint density at radius 2 is 2.11 bits per heavy atom. The Labute approximate surface area is 117 Å². The molecular weight excluding hydrogens is 258 g/mol. The Bertz CT molecular complexity index is 578. The first-order chi connectivity index (χ1) is 9.06. The fraction of sp³-hybridized carbons (Fsp3) is 0.286. The Hall–Kier alpha value is -1.72. The molecule has 2 rings (SSSR count). The van der Waals surface area contributed by atoms with Crippen molar-refractivity contribution in [2.75, 3.05) is 19.4 Å². The van der Waals surface area contributed by atoms with Gasteiger partial charge in [0, 0.05) is 17.6 Å². The van der Waals surface area contributed by atoms with Crippen LogP contribution in [0.1, 0.15) is 21.1 Å². The van der Waals surface area contributed by atoms with Crippen molar-refractivity contribution in [3.8, 4) is 0 Å². The SMILES string of the molecule is Cc1nc(C(=O)Nc2ccccc2CN(C)C)cs1. The monoisotopic (exact) mass is 275 g/mol. The molecule has 4 nitrogen and oxygen atoms in total. The van der Waals surface area contributed by atoms with Crippen molar-refractivity contribution in [1.82, 2.24) is 9.88 Å². The smallest absolute Gasteiger partial charge is 0.275 e. The van der Waals surface area contributed by atoms with Gasteiger partial charge in [-0.1, -0.05) is 18.2 Å². The largest absolute Gasteiger partial charge is 0.320 e. The number of benzene rings is 1. The maximum atomic E-state index is 12.1. The van der Waals surface area contributed by atoms with Gasteiger partial charge in [0.2, 0.25) is 0 Å². The first-order valence-corrected chi connectivity index (χ1v) is 6.90. The third kappa shape index (κ3) is 3.62. The van der Waals surface area contributed by atoms with Gasteiger partial charge in [-0.3, -0.25) is 4.79 Å². The van der Waals surface area contributed by atoms with Crippen molar-refractivity contribution in [3.05, 3.63) is 45.9 Å². The number of carbonyl (C=O) groups excluding carboxylic acids is 1. The van der Waals surface area contributed by atoms with E-state index in [0.29, 0.717) is 5.69 Å². The number of anilines is 1. The van der Waals surface area contributed by atoms with Crippen molar-refractivity contribution in [3.63, 3.8) is 0 Å². The molecule has 0 saturated heterocycles. The highest BCUT2D eigenvalue weighted by molar-refractivity contribution is 7.09. The number of hydrogen-bond donors (Lipinski definition) is 1. The van der Waals surface area contributed by atoms with Gasteiger partial charge in [0.25, 0.3) is 5.91 Å². The van der Waals surface area contributed by atoms with E-state index in [1.54, 1.807) is 5.38 Å². The molecule has 0 aliphatic rings. The van der Waals surface area contributed by atoms with E-state index in [9.17, 15) is 4.79 Å².